The van der Waals surface area contributed by atoms with Crippen molar-refractivity contribution in [3.63, 3.8) is 0 Å². The number of nitrogens with two attached hydrogens (primary N) is 1. The van der Waals surface area contributed by atoms with Crippen LogP contribution in [-0.2, 0) is 9.84 Å². The van der Waals surface area contributed by atoms with Crippen LogP contribution in [0.4, 0.5) is 21.5 Å². The summed E-state index contributed by atoms with van der Waals surface area (Å²) in [5.74, 6) is -0.439. The maximum atomic E-state index is 13.7. The van der Waals surface area contributed by atoms with Crippen molar-refractivity contribution >= 4 is 42.8 Å². The highest BCUT2D eigenvalue weighted by Crippen LogP contribution is 2.31. The molecule has 0 spiro atoms. The summed E-state index contributed by atoms with van der Waals surface area (Å²) in [4.78, 5) is 0.119. The fourth-order valence-electron chi connectivity index (χ4n) is 1.64. The molecule has 0 saturated heterocycles. The van der Waals surface area contributed by atoms with Crippen LogP contribution < -0.4 is 11.1 Å². The van der Waals surface area contributed by atoms with E-state index in [4.69, 9.17) is 5.73 Å². The highest BCUT2D eigenvalue weighted by Gasteiger charge is 2.12. The van der Waals surface area contributed by atoms with Gasteiger partial charge >= 0.3 is 0 Å². The summed E-state index contributed by atoms with van der Waals surface area (Å²) in [6.07, 6.45) is 1.10. The van der Waals surface area contributed by atoms with Gasteiger partial charge in [-0.3, -0.25) is 0 Å². The van der Waals surface area contributed by atoms with E-state index in [1.54, 1.807) is 12.1 Å². The van der Waals surface area contributed by atoms with Crippen LogP contribution in [-0.4, -0.2) is 14.7 Å². The lowest BCUT2D eigenvalue weighted by Gasteiger charge is -2.12. The zero-order valence-corrected chi connectivity index (χ0v) is 12.9. The molecule has 0 radical (unpaired) electrons. The first-order chi connectivity index (χ1) is 9.29. The van der Waals surface area contributed by atoms with Crippen LogP contribution >= 0.6 is 15.9 Å². The monoisotopic (exact) mass is 358 g/mol. The third-order valence-electron chi connectivity index (χ3n) is 2.67. The van der Waals surface area contributed by atoms with Crippen LogP contribution in [0.3, 0.4) is 0 Å². The van der Waals surface area contributed by atoms with Crippen LogP contribution in [0.15, 0.2) is 45.8 Å². The van der Waals surface area contributed by atoms with Gasteiger partial charge in [-0.05, 0) is 46.3 Å². The maximum absolute atomic E-state index is 13.7. The molecule has 0 saturated carbocycles. The normalized spacial score (nSPS) is 11.3. The first kappa shape index (κ1) is 14.8. The highest BCUT2D eigenvalue weighted by atomic mass is 79.9. The molecule has 2 aromatic rings. The lowest BCUT2D eigenvalue weighted by atomic mass is 10.2. The molecular weight excluding hydrogens is 347 g/mol. The Morgan fingerprint density at radius 2 is 1.95 bits per heavy atom. The number of hydrogen-bond acceptors (Lipinski definition) is 4. The van der Waals surface area contributed by atoms with Gasteiger partial charge in [0, 0.05) is 10.7 Å². The van der Waals surface area contributed by atoms with Gasteiger partial charge in [-0.25, -0.2) is 12.8 Å². The predicted molar refractivity (Wildman–Crippen MR) is 81.3 cm³/mol. The first-order valence-corrected chi connectivity index (χ1v) is 8.28. The molecule has 0 aliphatic carbocycles. The number of benzene rings is 2. The molecule has 3 N–H and O–H groups in total. The Bertz CT molecular complexity index is 743. The van der Waals surface area contributed by atoms with E-state index in [2.05, 4.69) is 21.2 Å². The Kier molecular flexibility index (Phi) is 4.01. The van der Waals surface area contributed by atoms with E-state index in [0.717, 1.165) is 6.26 Å². The van der Waals surface area contributed by atoms with Crippen LogP contribution in [0.5, 0.6) is 0 Å². The molecule has 0 aromatic heterocycles. The van der Waals surface area contributed by atoms with Crippen molar-refractivity contribution in [2.45, 2.75) is 4.90 Å². The van der Waals surface area contributed by atoms with E-state index in [9.17, 15) is 12.8 Å². The van der Waals surface area contributed by atoms with Crippen molar-refractivity contribution in [3.05, 3.63) is 46.7 Å². The van der Waals surface area contributed by atoms with E-state index >= 15 is 0 Å². The molecule has 2 rings (SSSR count). The van der Waals surface area contributed by atoms with Gasteiger partial charge in [0.25, 0.3) is 0 Å². The fraction of sp³-hybridized carbons (Fsp3) is 0.0769. The Morgan fingerprint density at radius 3 is 2.50 bits per heavy atom. The van der Waals surface area contributed by atoms with Crippen molar-refractivity contribution < 1.29 is 12.8 Å². The summed E-state index contributed by atoms with van der Waals surface area (Å²) in [5, 5.41) is 2.85. The molecule has 0 fully saturated rings. The maximum Gasteiger partial charge on any atom is 0.175 e. The molecular formula is C13H12BrFN2O2S. The van der Waals surface area contributed by atoms with Gasteiger partial charge < -0.3 is 11.1 Å². The van der Waals surface area contributed by atoms with E-state index in [1.807, 2.05) is 0 Å². The number of nitrogen functional groups attached to an aromatic ring is 1. The van der Waals surface area contributed by atoms with Crippen LogP contribution in [0.25, 0.3) is 0 Å². The van der Waals surface area contributed by atoms with E-state index in [0.29, 0.717) is 10.2 Å². The van der Waals surface area contributed by atoms with Gasteiger partial charge in [0.05, 0.1) is 22.0 Å². The standard InChI is InChI=1S/C13H12BrFN2O2S/c1-20(18,19)8-5-6-12(11(16)7-8)17-13-9(14)3-2-4-10(13)15/h2-7,17H,16H2,1H3. The minimum atomic E-state index is -3.32. The Balaban J connectivity index is 2.41. The second-order valence-electron chi connectivity index (χ2n) is 4.24. The minimum Gasteiger partial charge on any atom is -0.397 e. The summed E-state index contributed by atoms with van der Waals surface area (Å²) in [5.41, 5.74) is 6.70. The smallest absolute Gasteiger partial charge is 0.175 e. The number of halogens is 2. The van der Waals surface area contributed by atoms with Crippen molar-refractivity contribution in [1.29, 1.82) is 0 Å². The van der Waals surface area contributed by atoms with Gasteiger partial charge in [-0.2, -0.15) is 0 Å². The topological polar surface area (TPSA) is 72.2 Å². The van der Waals surface area contributed by atoms with Crippen molar-refractivity contribution in [1.82, 2.24) is 0 Å². The van der Waals surface area contributed by atoms with E-state index in [1.165, 1.54) is 24.3 Å². The molecule has 0 heterocycles. The van der Waals surface area contributed by atoms with Crippen molar-refractivity contribution in [3.8, 4) is 0 Å². The van der Waals surface area contributed by atoms with Crippen molar-refractivity contribution in [2.75, 3.05) is 17.3 Å². The van der Waals surface area contributed by atoms with E-state index in [-0.39, 0.29) is 16.3 Å². The van der Waals surface area contributed by atoms with Gasteiger partial charge in [-0.1, -0.05) is 6.07 Å². The summed E-state index contributed by atoms with van der Waals surface area (Å²) >= 11 is 3.24. The largest absolute Gasteiger partial charge is 0.397 e. The summed E-state index contributed by atoms with van der Waals surface area (Å²) in [6.45, 7) is 0. The summed E-state index contributed by atoms with van der Waals surface area (Å²) in [7, 11) is -3.32. The molecule has 0 unspecified atom stereocenters. The number of anilines is 3. The van der Waals surface area contributed by atoms with Gasteiger partial charge in [0.15, 0.2) is 9.84 Å². The number of rotatable bonds is 3. The van der Waals surface area contributed by atoms with Gasteiger partial charge in [0.1, 0.15) is 5.82 Å². The molecule has 0 bridgehead atoms. The quantitative estimate of drug-likeness (QED) is 0.825. The van der Waals surface area contributed by atoms with Gasteiger partial charge in [0.2, 0.25) is 0 Å². The van der Waals surface area contributed by atoms with Crippen LogP contribution in [0, 0.1) is 5.82 Å². The number of sulfone groups is 1. The molecule has 0 atom stereocenters. The van der Waals surface area contributed by atoms with Crippen LogP contribution in [0.2, 0.25) is 0 Å². The summed E-state index contributed by atoms with van der Waals surface area (Å²) in [6, 6.07) is 8.83. The average molecular weight is 359 g/mol. The molecule has 0 aliphatic rings. The zero-order valence-electron chi connectivity index (χ0n) is 10.5. The number of hydrogen-bond donors (Lipinski definition) is 2. The minimum absolute atomic E-state index is 0.119. The second-order valence-corrected chi connectivity index (χ2v) is 7.11. The van der Waals surface area contributed by atoms with Gasteiger partial charge in [-0.15, -0.1) is 0 Å². The van der Waals surface area contributed by atoms with E-state index < -0.39 is 15.7 Å². The molecule has 4 nitrogen and oxygen atoms in total. The zero-order chi connectivity index (χ0) is 14.9. The molecule has 20 heavy (non-hydrogen) atoms. The summed E-state index contributed by atoms with van der Waals surface area (Å²) < 4.78 is 37.1. The Morgan fingerprint density at radius 1 is 1.25 bits per heavy atom. The lowest BCUT2D eigenvalue weighted by Crippen LogP contribution is -2.02. The third kappa shape index (κ3) is 3.10. The molecule has 7 heteroatoms. The average Bonchev–Trinajstić information content (AvgIpc) is 2.34. The molecule has 106 valence electrons. The molecule has 2 aromatic carbocycles. The number of para-hydroxylation sites is 1. The lowest BCUT2D eigenvalue weighted by molar-refractivity contribution is 0.602. The van der Waals surface area contributed by atoms with Crippen LogP contribution in [0.1, 0.15) is 0 Å². The fourth-order valence-corrected chi connectivity index (χ4v) is 2.73. The molecule has 0 aliphatic heterocycles. The Hall–Kier alpha value is -1.60. The third-order valence-corrected chi connectivity index (χ3v) is 4.44. The highest BCUT2D eigenvalue weighted by molar-refractivity contribution is 9.10. The number of nitrogens with one attached hydrogen (secondary N) is 1. The first-order valence-electron chi connectivity index (χ1n) is 5.59. The predicted octanol–water partition coefficient (Wildman–Crippen LogP) is 3.32. The second kappa shape index (κ2) is 5.41. The Labute approximate surface area is 124 Å². The molecule has 0 amide bonds. The van der Waals surface area contributed by atoms with Crippen molar-refractivity contribution in [2.24, 2.45) is 0 Å². The SMILES string of the molecule is CS(=O)(=O)c1ccc(Nc2c(F)cccc2Br)c(N)c1.